The van der Waals surface area contributed by atoms with E-state index in [9.17, 15) is 4.79 Å². The van der Waals surface area contributed by atoms with E-state index in [0.717, 1.165) is 45.4 Å². The Labute approximate surface area is 164 Å². The lowest BCUT2D eigenvalue weighted by Gasteiger charge is -2.26. The molecule has 0 aromatic heterocycles. The van der Waals surface area contributed by atoms with Crippen LogP contribution in [0.15, 0.2) is 29.3 Å². The molecule has 1 aliphatic heterocycles. The number of benzene rings is 1. The van der Waals surface area contributed by atoms with E-state index in [-0.39, 0.29) is 18.5 Å². The van der Waals surface area contributed by atoms with Gasteiger partial charge in [0.05, 0.1) is 6.04 Å². The molecule has 1 aromatic rings. The van der Waals surface area contributed by atoms with Crippen molar-refractivity contribution in [3.8, 4) is 0 Å². The Bertz CT molecular complexity index is 606. The zero-order valence-corrected chi connectivity index (χ0v) is 17.3. The molecule has 0 radical (unpaired) electrons. The number of carbonyl (C=O) groups excluding carboxylic acids is 1. The van der Waals surface area contributed by atoms with Gasteiger partial charge in [-0.1, -0.05) is 31.2 Å². The van der Waals surface area contributed by atoms with Gasteiger partial charge in [-0.2, -0.15) is 0 Å². The number of carbonyl (C=O) groups is 1. The Balaban J connectivity index is 1.97. The summed E-state index contributed by atoms with van der Waals surface area (Å²) in [5, 5.41) is 6.64. The van der Waals surface area contributed by atoms with Gasteiger partial charge in [0.25, 0.3) is 0 Å². The van der Waals surface area contributed by atoms with Crippen molar-refractivity contribution in [2.75, 3.05) is 46.8 Å². The molecule has 0 bridgehead atoms. The molecule has 2 N–H and O–H groups in total. The van der Waals surface area contributed by atoms with Crippen LogP contribution in [0.3, 0.4) is 0 Å². The lowest BCUT2D eigenvalue weighted by atomic mass is 10.0. The standard InChI is InChI=1S/C21H35N5O/c1-5-17-9-11-18(12-10-17)19(25(3)4)15-23-21(22-6-2)24-16-20(27)26-13-7-8-14-26/h9-12,19H,5-8,13-16H2,1-4H3,(H2,22,23,24). The molecule has 1 saturated heterocycles. The molecule has 1 amide bonds. The third kappa shape index (κ3) is 6.54. The average molecular weight is 374 g/mol. The number of hydrogen-bond donors (Lipinski definition) is 2. The van der Waals surface area contributed by atoms with E-state index < -0.39 is 0 Å². The zero-order valence-electron chi connectivity index (χ0n) is 17.3. The highest BCUT2D eigenvalue weighted by atomic mass is 16.2. The maximum atomic E-state index is 12.2. The number of rotatable bonds is 8. The minimum atomic E-state index is 0.115. The number of aryl methyl sites for hydroxylation is 1. The third-order valence-electron chi connectivity index (χ3n) is 5.03. The van der Waals surface area contributed by atoms with Crippen LogP contribution in [0.5, 0.6) is 0 Å². The normalized spacial score (nSPS) is 15.9. The second kappa shape index (κ2) is 10.9. The quantitative estimate of drug-likeness (QED) is 0.541. The summed E-state index contributed by atoms with van der Waals surface area (Å²) in [6, 6.07) is 9.02. The van der Waals surface area contributed by atoms with Crippen molar-refractivity contribution < 1.29 is 4.79 Å². The fourth-order valence-electron chi connectivity index (χ4n) is 3.32. The highest BCUT2D eigenvalue weighted by Gasteiger charge is 2.18. The van der Waals surface area contributed by atoms with E-state index in [0.29, 0.717) is 5.96 Å². The summed E-state index contributed by atoms with van der Waals surface area (Å²) in [6.45, 7) is 7.63. The van der Waals surface area contributed by atoms with E-state index in [2.05, 4.69) is 65.8 Å². The first-order chi connectivity index (χ1) is 13.0. The highest BCUT2D eigenvalue weighted by molar-refractivity contribution is 5.85. The van der Waals surface area contributed by atoms with Crippen molar-refractivity contribution in [3.63, 3.8) is 0 Å². The number of nitrogens with zero attached hydrogens (tertiary/aromatic N) is 3. The zero-order chi connectivity index (χ0) is 19.6. The Morgan fingerprint density at radius 2 is 1.81 bits per heavy atom. The Morgan fingerprint density at radius 3 is 2.37 bits per heavy atom. The number of aliphatic imine (C=N–C) groups is 1. The van der Waals surface area contributed by atoms with Crippen molar-refractivity contribution in [2.24, 2.45) is 4.99 Å². The van der Waals surface area contributed by atoms with Crippen LogP contribution in [0.4, 0.5) is 0 Å². The molecular formula is C21H35N5O. The summed E-state index contributed by atoms with van der Waals surface area (Å²) < 4.78 is 0. The summed E-state index contributed by atoms with van der Waals surface area (Å²) in [7, 11) is 4.17. The number of nitrogens with one attached hydrogen (secondary N) is 2. The van der Waals surface area contributed by atoms with Gasteiger partial charge in [-0.3, -0.25) is 4.79 Å². The minimum Gasteiger partial charge on any atom is -0.357 e. The molecule has 1 unspecified atom stereocenters. The number of guanidine groups is 1. The number of likely N-dealkylation sites (tertiary alicyclic amines) is 1. The van der Waals surface area contributed by atoms with Crippen LogP contribution in [0.2, 0.25) is 0 Å². The third-order valence-corrected chi connectivity index (χ3v) is 5.03. The topological polar surface area (TPSA) is 60.0 Å². The first kappa shape index (κ1) is 21.2. The first-order valence-electron chi connectivity index (χ1n) is 10.1. The molecule has 0 saturated carbocycles. The summed E-state index contributed by atoms with van der Waals surface area (Å²) in [5.74, 6) is 0.811. The number of likely N-dealkylation sites (N-methyl/N-ethyl adjacent to an activating group) is 1. The van der Waals surface area contributed by atoms with Crippen LogP contribution in [0, 0.1) is 0 Å². The van der Waals surface area contributed by atoms with Gasteiger partial charge in [0.1, 0.15) is 6.54 Å². The van der Waals surface area contributed by atoms with Gasteiger partial charge in [0, 0.05) is 26.2 Å². The molecule has 1 aromatic carbocycles. The lowest BCUT2D eigenvalue weighted by molar-refractivity contribution is -0.128. The van der Waals surface area contributed by atoms with E-state index in [4.69, 9.17) is 0 Å². The molecular weight excluding hydrogens is 338 g/mol. The van der Waals surface area contributed by atoms with Gasteiger partial charge in [-0.15, -0.1) is 0 Å². The molecule has 150 valence electrons. The van der Waals surface area contributed by atoms with Crippen LogP contribution in [-0.4, -0.2) is 68.5 Å². The highest BCUT2D eigenvalue weighted by Crippen LogP contribution is 2.18. The van der Waals surface area contributed by atoms with E-state index in [1.54, 1.807) is 0 Å². The minimum absolute atomic E-state index is 0.115. The molecule has 27 heavy (non-hydrogen) atoms. The Morgan fingerprint density at radius 1 is 1.15 bits per heavy atom. The Hall–Kier alpha value is -2.08. The van der Waals surface area contributed by atoms with Crippen molar-refractivity contribution >= 4 is 11.9 Å². The monoisotopic (exact) mass is 373 g/mol. The van der Waals surface area contributed by atoms with Gasteiger partial charge in [0.2, 0.25) is 5.91 Å². The van der Waals surface area contributed by atoms with Crippen molar-refractivity contribution in [2.45, 2.75) is 39.2 Å². The Kier molecular flexibility index (Phi) is 8.58. The van der Waals surface area contributed by atoms with Crippen molar-refractivity contribution in [1.82, 2.24) is 20.4 Å². The second-order valence-corrected chi connectivity index (χ2v) is 7.24. The number of amides is 1. The summed E-state index contributed by atoms with van der Waals surface area (Å²) in [4.78, 5) is 20.8. The number of hydrogen-bond acceptors (Lipinski definition) is 3. The smallest absolute Gasteiger partial charge is 0.244 e. The molecule has 2 rings (SSSR count). The van der Waals surface area contributed by atoms with E-state index in [1.807, 2.05) is 11.8 Å². The first-order valence-corrected chi connectivity index (χ1v) is 10.1. The van der Waals surface area contributed by atoms with Crippen molar-refractivity contribution in [1.29, 1.82) is 0 Å². The average Bonchev–Trinajstić information content (AvgIpc) is 3.21. The van der Waals surface area contributed by atoms with Crippen LogP contribution in [-0.2, 0) is 11.2 Å². The fraction of sp³-hybridized carbons (Fsp3) is 0.619. The predicted molar refractivity (Wildman–Crippen MR) is 112 cm³/mol. The van der Waals surface area contributed by atoms with Crippen molar-refractivity contribution in [3.05, 3.63) is 35.4 Å². The second-order valence-electron chi connectivity index (χ2n) is 7.24. The summed E-state index contributed by atoms with van der Waals surface area (Å²) in [5.41, 5.74) is 2.62. The SMILES string of the molecule is CCNC(=NCC(=O)N1CCCC1)NCC(c1ccc(CC)cc1)N(C)C. The molecule has 6 heteroatoms. The molecule has 1 atom stereocenters. The fourth-order valence-corrected chi connectivity index (χ4v) is 3.32. The van der Waals surface area contributed by atoms with E-state index in [1.165, 1.54) is 11.1 Å². The molecule has 0 spiro atoms. The molecule has 1 heterocycles. The maximum absolute atomic E-state index is 12.2. The van der Waals surface area contributed by atoms with E-state index >= 15 is 0 Å². The van der Waals surface area contributed by atoms with Crippen LogP contribution in [0.1, 0.15) is 43.9 Å². The van der Waals surface area contributed by atoms with Gasteiger partial charge in [-0.05, 0) is 51.4 Å². The predicted octanol–water partition coefficient (Wildman–Crippen LogP) is 2.03. The lowest BCUT2D eigenvalue weighted by Crippen LogP contribution is -2.42. The van der Waals surface area contributed by atoms with Crippen LogP contribution in [0.25, 0.3) is 0 Å². The van der Waals surface area contributed by atoms with Gasteiger partial charge < -0.3 is 20.4 Å². The largest absolute Gasteiger partial charge is 0.357 e. The molecule has 6 nitrogen and oxygen atoms in total. The van der Waals surface area contributed by atoms with Gasteiger partial charge >= 0.3 is 0 Å². The summed E-state index contributed by atoms with van der Waals surface area (Å²) >= 11 is 0. The summed E-state index contributed by atoms with van der Waals surface area (Å²) in [6.07, 6.45) is 3.26. The maximum Gasteiger partial charge on any atom is 0.244 e. The molecule has 1 fully saturated rings. The van der Waals surface area contributed by atoms with Crippen LogP contribution >= 0.6 is 0 Å². The molecule has 0 aliphatic carbocycles. The molecule has 1 aliphatic rings. The van der Waals surface area contributed by atoms with Gasteiger partial charge in [0.15, 0.2) is 5.96 Å². The van der Waals surface area contributed by atoms with Crippen LogP contribution < -0.4 is 10.6 Å². The van der Waals surface area contributed by atoms with Gasteiger partial charge in [-0.25, -0.2) is 4.99 Å².